The summed E-state index contributed by atoms with van der Waals surface area (Å²) in [6.45, 7) is 0.663. The molecule has 7 nitrogen and oxygen atoms in total. The summed E-state index contributed by atoms with van der Waals surface area (Å²) < 4.78 is 2.30. The van der Waals surface area contributed by atoms with Crippen LogP contribution >= 0.6 is 0 Å². The van der Waals surface area contributed by atoms with E-state index in [1.165, 1.54) is 4.40 Å². The smallest absolute Gasteiger partial charge is 0.329 e. The number of nitrogens with two attached hydrogens (primary N) is 1. The first kappa shape index (κ1) is 14.0. The Hall–Kier alpha value is -1.99. The summed E-state index contributed by atoms with van der Waals surface area (Å²) in [4.78, 5) is 26.4. The molecule has 7 heteroatoms. The van der Waals surface area contributed by atoms with Gasteiger partial charge in [0.25, 0.3) is 5.91 Å². The topological polar surface area (TPSA) is 85.6 Å². The quantitative estimate of drug-likeness (QED) is 0.824. The van der Waals surface area contributed by atoms with Crippen LogP contribution in [0.15, 0.2) is 29.2 Å². The Labute approximate surface area is 122 Å². The molecule has 2 heterocycles. The van der Waals surface area contributed by atoms with Gasteiger partial charge in [0.05, 0.1) is 6.54 Å². The lowest BCUT2D eigenvalue weighted by Gasteiger charge is -2.25. The van der Waals surface area contributed by atoms with E-state index in [-0.39, 0.29) is 18.5 Å². The van der Waals surface area contributed by atoms with Crippen molar-refractivity contribution >= 4 is 11.6 Å². The predicted molar refractivity (Wildman–Crippen MR) is 78.3 cm³/mol. The molecule has 2 aromatic heterocycles. The third-order valence-electron chi connectivity index (χ3n) is 4.02. The van der Waals surface area contributed by atoms with Gasteiger partial charge in [-0.15, -0.1) is 9.78 Å². The third kappa shape index (κ3) is 2.62. The molecule has 0 aromatic carbocycles. The molecule has 1 aliphatic rings. The van der Waals surface area contributed by atoms with Gasteiger partial charge >= 0.3 is 5.69 Å². The Morgan fingerprint density at radius 1 is 1.52 bits per heavy atom. The molecular weight excluding hydrogens is 270 g/mol. The van der Waals surface area contributed by atoms with E-state index in [0.29, 0.717) is 18.1 Å². The summed E-state index contributed by atoms with van der Waals surface area (Å²) >= 11 is 0. The molecule has 0 radical (unpaired) electrons. The van der Waals surface area contributed by atoms with Crippen LogP contribution in [0.5, 0.6) is 0 Å². The average molecular weight is 289 g/mol. The number of pyridine rings is 1. The van der Waals surface area contributed by atoms with Crippen molar-refractivity contribution in [2.75, 3.05) is 20.1 Å². The van der Waals surface area contributed by atoms with E-state index < -0.39 is 5.69 Å². The fourth-order valence-corrected chi connectivity index (χ4v) is 2.70. The Kier molecular flexibility index (Phi) is 3.60. The molecule has 0 spiro atoms. The number of rotatable bonds is 5. The van der Waals surface area contributed by atoms with E-state index in [0.717, 1.165) is 17.5 Å². The second kappa shape index (κ2) is 5.42. The highest BCUT2D eigenvalue weighted by Gasteiger charge is 2.33. The van der Waals surface area contributed by atoms with Gasteiger partial charge in [0.1, 0.15) is 0 Å². The summed E-state index contributed by atoms with van der Waals surface area (Å²) in [5.41, 5.74) is 5.82. The van der Waals surface area contributed by atoms with Gasteiger partial charge in [0, 0.05) is 18.8 Å². The van der Waals surface area contributed by atoms with Crippen LogP contribution < -0.4 is 11.4 Å². The third-order valence-corrected chi connectivity index (χ3v) is 4.02. The number of nitrogens with zero attached hydrogens (tertiary/aromatic N) is 4. The van der Waals surface area contributed by atoms with Crippen molar-refractivity contribution in [3.8, 4) is 0 Å². The maximum Gasteiger partial charge on any atom is 0.357 e. The van der Waals surface area contributed by atoms with Crippen molar-refractivity contribution in [3.63, 3.8) is 0 Å². The van der Waals surface area contributed by atoms with Gasteiger partial charge in [-0.05, 0) is 37.9 Å². The first-order chi connectivity index (χ1) is 10.1. The van der Waals surface area contributed by atoms with Crippen LogP contribution in [0.1, 0.15) is 17.6 Å². The average Bonchev–Trinajstić information content (AvgIpc) is 3.24. The lowest BCUT2D eigenvalue weighted by molar-refractivity contribution is 0.0810. The van der Waals surface area contributed by atoms with E-state index in [4.69, 9.17) is 5.73 Å². The lowest BCUT2D eigenvalue weighted by Crippen LogP contribution is -2.44. The van der Waals surface area contributed by atoms with Crippen LogP contribution in [-0.2, 0) is 0 Å². The molecule has 0 bridgehead atoms. The van der Waals surface area contributed by atoms with E-state index in [2.05, 4.69) is 5.10 Å². The van der Waals surface area contributed by atoms with Crippen LogP contribution in [0.2, 0.25) is 0 Å². The van der Waals surface area contributed by atoms with Gasteiger partial charge in [0.2, 0.25) is 0 Å². The fourth-order valence-electron chi connectivity index (χ4n) is 2.70. The summed E-state index contributed by atoms with van der Waals surface area (Å²) in [5, 5.41) is 4.07. The molecule has 2 aromatic rings. The minimum absolute atomic E-state index is 0.141. The minimum atomic E-state index is -0.431. The van der Waals surface area contributed by atoms with Crippen molar-refractivity contribution in [2.24, 2.45) is 11.7 Å². The fraction of sp³-hybridized carbons (Fsp3) is 0.500. The Bertz CT molecular complexity index is 715. The van der Waals surface area contributed by atoms with Gasteiger partial charge in [0.15, 0.2) is 5.65 Å². The SMILES string of the molecule is CN(CC(=O)n1nc2ccccn2c1=O)C(CN)C1CC1. The van der Waals surface area contributed by atoms with Gasteiger partial charge < -0.3 is 5.73 Å². The largest absolute Gasteiger partial charge is 0.357 e. The summed E-state index contributed by atoms with van der Waals surface area (Å²) in [6.07, 6.45) is 3.93. The molecule has 1 fully saturated rings. The molecule has 1 atom stereocenters. The van der Waals surface area contributed by atoms with Crippen LogP contribution in [0, 0.1) is 5.92 Å². The number of likely N-dealkylation sites (N-methyl/N-ethyl adjacent to an activating group) is 1. The number of hydrogen-bond donors (Lipinski definition) is 1. The Morgan fingerprint density at radius 3 is 2.90 bits per heavy atom. The number of hydrogen-bond acceptors (Lipinski definition) is 5. The molecule has 2 N–H and O–H groups in total. The molecule has 112 valence electrons. The summed E-state index contributed by atoms with van der Waals surface area (Å²) in [6, 6.07) is 5.40. The molecule has 0 aliphatic heterocycles. The van der Waals surface area contributed by atoms with E-state index in [9.17, 15) is 9.59 Å². The Balaban J connectivity index is 1.80. The number of fused-ring (bicyclic) bond motifs is 1. The zero-order valence-electron chi connectivity index (χ0n) is 12.0. The molecule has 1 saturated carbocycles. The number of carbonyl (C=O) groups excluding carboxylic acids is 1. The van der Waals surface area contributed by atoms with E-state index in [1.807, 2.05) is 11.9 Å². The molecular formula is C14H19N5O2. The van der Waals surface area contributed by atoms with Crippen molar-refractivity contribution in [1.82, 2.24) is 19.1 Å². The maximum absolute atomic E-state index is 12.3. The van der Waals surface area contributed by atoms with Crippen molar-refractivity contribution in [3.05, 3.63) is 34.9 Å². The summed E-state index contributed by atoms with van der Waals surface area (Å²) in [7, 11) is 1.87. The van der Waals surface area contributed by atoms with Gasteiger partial charge in [-0.25, -0.2) is 9.20 Å². The first-order valence-electron chi connectivity index (χ1n) is 7.11. The molecule has 21 heavy (non-hydrogen) atoms. The molecule has 1 aliphatic carbocycles. The molecule has 0 saturated heterocycles. The standard InChI is InChI=1S/C14H19N5O2/c1-17(11(8-15)10-5-6-10)9-13(20)19-14(21)18-7-3-2-4-12(18)16-19/h2-4,7,10-11H,5-6,8-9,15H2,1H3. The number of aromatic nitrogens is 3. The lowest BCUT2D eigenvalue weighted by atomic mass is 10.1. The molecule has 3 rings (SSSR count). The zero-order chi connectivity index (χ0) is 15.0. The van der Waals surface area contributed by atoms with Crippen LogP contribution in [-0.4, -0.2) is 51.2 Å². The van der Waals surface area contributed by atoms with Gasteiger partial charge in [-0.2, -0.15) is 0 Å². The summed E-state index contributed by atoms with van der Waals surface area (Å²) in [5.74, 6) is 0.246. The molecule has 0 amide bonds. The van der Waals surface area contributed by atoms with Crippen molar-refractivity contribution in [2.45, 2.75) is 18.9 Å². The van der Waals surface area contributed by atoms with Gasteiger partial charge in [-0.3, -0.25) is 9.69 Å². The van der Waals surface area contributed by atoms with E-state index >= 15 is 0 Å². The van der Waals surface area contributed by atoms with Crippen LogP contribution in [0.3, 0.4) is 0 Å². The van der Waals surface area contributed by atoms with Crippen LogP contribution in [0.4, 0.5) is 0 Å². The Morgan fingerprint density at radius 2 is 2.29 bits per heavy atom. The van der Waals surface area contributed by atoms with Crippen LogP contribution in [0.25, 0.3) is 5.65 Å². The first-order valence-corrected chi connectivity index (χ1v) is 7.11. The second-order valence-electron chi connectivity index (χ2n) is 5.57. The highest BCUT2D eigenvalue weighted by atomic mass is 16.2. The maximum atomic E-state index is 12.3. The minimum Gasteiger partial charge on any atom is -0.329 e. The predicted octanol–water partition coefficient (Wildman–Crippen LogP) is -0.195. The monoisotopic (exact) mass is 289 g/mol. The van der Waals surface area contributed by atoms with Crippen molar-refractivity contribution in [1.29, 1.82) is 0 Å². The molecule has 1 unspecified atom stereocenters. The highest BCUT2D eigenvalue weighted by molar-refractivity contribution is 5.80. The van der Waals surface area contributed by atoms with Gasteiger partial charge in [-0.1, -0.05) is 6.07 Å². The normalized spacial score (nSPS) is 16.5. The van der Waals surface area contributed by atoms with Crippen molar-refractivity contribution < 1.29 is 4.79 Å². The highest BCUT2D eigenvalue weighted by Crippen LogP contribution is 2.34. The number of carbonyl (C=O) groups is 1. The van der Waals surface area contributed by atoms with E-state index in [1.54, 1.807) is 24.4 Å². The zero-order valence-corrected chi connectivity index (χ0v) is 12.0. The second-order valence-corrected chi connectivity index (χ2v) is 5.57.